The minimum absolute atomic E-state index is 0.470. The predicted molar refractivity (Wildman–Crippen MR) is 52.2 cm³/mol. The summed E-state index contributed by atoms with van der Waals surface area (Å²) in [6.07, 6.45) is 1.96. The van der Waals surface area contributed by atoms with Crippen molar-refractivity contribution in [1.29, 1.82) is 0 Å². The number of pyridine rings is 1. The molecular weight excluding hydrogens is 168 g/mol. The van der Waals surface area contributed by atoms with Crippen LogP contribution in [0.4, 0.5) is 0 Å². The van der Waals surface area contributed by atoms with Crippen LogP contribution in [0.25, 0.3) is 0 Å². The summed E-state index contributed by atoms with van der Waals surface area (Å²) < 4.78 is 0. The van der Waals surface area contributed by atoms with E-state index in [2.05, 4.69) is 22.4 Å². The molecule has 1 aliphatic heterocycles. The number of aryl methyl sites for hydroxylation is 1. The third-order valence-corrected chi connectivity index (χ3v) is 3.17. The van der Waals surface area contributed by atoms with Gasteiger partial charge in [-0.05, 0) is 18.6 Å². The van der Waals surface area contributed by atoms with Crippen LogP contribution < -0.4 is 5.32 Å². The van der Waals surface area contributed by atoms with Crippen LogP contribution in [0.5, 0.6) is 0 Å². The lowest BCUT2D eigenvalue weighted by Gasteiger charge is -2.08. The van der Waals surface area contributed by atoms with Gasteiger partial charge in [-0.3, -0.25) is 4.98 Å². The van der Waals surface area contributed by atoms with Crippen molar-refractivity contribution in [2.45, 2.75) is 12.3 Å². The molecule has 0 saturated carbocycles. The van der Waals surface area contributed by atoms with Crippen molar-refractivity contribution in [2.24, 2.45) is 0 Å². The highest BCUT2D eigenvalue weighted by Crippen LogP contribution is 2.28. The van der Waals surface area contributed by atoms with E-state index in [9.17, 15) is 0 Å². The molecule has 1 aromatic rings. The van der Waals surface area contributed by atoms with Gasteiger partial charge in [0, 0.05) is 24.2 Å². The van der Waals surface area contributed by atoms with Crippen LogP contribution in [-0.2, 0) is 0 Å². The Morgan fingerprint density at radius 2 is 2.50 bits per heavy atom. The molecule has 2 nitrogen and oxygen atoms in total. The van der Waals surface area contributed by atoms with Gasteiger partial charge in [-0.25, -0.2) is 0 Å². The fraction of sp³-hybridized carbons (Fsp3) is 0.444. The van der Waals surface area contributed by atoms with Crippen LogP contribution in [0.1, 0.15) is 16.6 Å². The van der Waals surface area contributed by atoms with Gasteiger partial charge in [0.05, 0.1) is 5.37 Å². The summed E-state index contributed by atoms with van der Waals surface area (Å²) in [6.45, 7) is 3.13. The molecule has 0 radical (unpaired) electrons. The maximum absolute atomic E-state index is 4.27. The molecule has 0 bridgehead atoms. The summed E-state index contributed by atoms with van der Waals surface area (Å²) in [6, 6.07) is 4.22. The Hall–Kier alpha value is -0.540. The molecule has 0 amide bonds. The number of thioether (sulfide) groups is 1. The average molecular weight is 180 g/mol. The predicted octanol–water partition coefficient (Wildman–Crippen LogP) is 1.73. The number of hydrogen-bond donors (Lipinski definition) is 1. The first kappa shape index (κ1) is 8.08. The van der Waals surface area contributed by atoms with E-state index in [4.69, 9.17) is 0 Å². The molecule has 1 fully saturated rings. The topological polar surface area (TPSA) is 24.9 Å². The van der Waals surface area contributed by atoms with Gasteiger partial charge in [0.15, 0.2) is 0 Å². The minimum atomic E-state index is 0.470. The van der Waals surface area contributed by atoms with Crippen molar-refractivity contribution in [3.63, 3.8) is 0 Å². The molecule has 1 aliphatic rings. The lowest BCUT2D eigenvalue weighted by molar-refractivity contribution is 0.747. The molecule has 0 spiro atoms. The quantitative estimate of drug-likeness (QED) is 0.712. The fourth-order valence-corrected chi connectivity index (χ4v) is 2.31. The van der Waals surface area contributed by atoms with Gasteiger partial charge in [0.1, 0.15) is 0 Å². The molecule has 1 N–H and O–H groups in total. The molecule has 0 aliphatic carbocycles. The number of nitrogens with one attached hydrogen (secondary N) is 1. The highest BCUT2D eigenvalue weighted by atomic mass is 32.2. The second-order valence-electron chi connectivity index (χ2n) is 2.94. The Kier molecular flexibility index (Phi) is 2.33. The molecule has 2 heterocycles. The van der Waals surface area contributed by atoms with Crippen molar-refractivity contribution >= 4 is 11.8 Å². The molecule has 1 unspecified atom stereocenters. The van der Waals surface area contributed by atoms with Gasteiger partial charge < -0.3 is 5.32 Å². The number of hydrogen-bond acceptors (Lipinski definition) is 3. The van der Waals surface area contributed by atoms with E-state index in [1.165, 1.54) is 11.3 Å². The SMILES string of the molecule is Cc1ccc(C2NCCS2)cn1. The molecule has 1 aromatic heterocycles. The summed E-state index contributed by atoms with van der Waals surface area (Å²) in [5.74, 6) is 1.21. The number of nitrogens with zero attached hydrogens (tertiary/aromatic N) is 1. The third-order valence-electron chi connectivity index (χ3n) is 1.95. The smallest absolute Gasteiger partial charge is 0.0805 e. The zero-order chi connectivity index (χ0) is 8.39. The van der Waals surface area contributed by atoms with Gasteiger partial charge in [-0.15, -0.1) is 11.8 Å². The first-order valence-corrected chi connectivity index (χ1v) is 5.19. The Bertz CT molecular complexity index is 252. The maximum atomic E-state index is 4.27. The Morgan fingerprint density at radius 1 is 1.58 bits per heavy atom. The highest BCUT2D eigenvalue weighted by Gasteiger charge is 2.16. The van der Waals surface area contributed by atoms with Gasteiger partial charge in [0.2, 0.25) is 0 Å². The van der Waals surface area contributed by atoms with E-state index in [-0.39, 0.29) is 0 Å². The van der Waals surface area contributed by atoms with Gasteiger partial charge in [-0.2, -0.15) is 0 Å². The molecular formula is C9H12N2S. The molecule has 3 heteroatoms. The Morgan fingerprint density at radius 3 is 3.08 bits per heavy atom. The van der Waals surface area contributed by atoms with E-state index in [0.717, 1.165) is 12.2 Å². The van der Waals surface area contributed by atoms with Gasteiger partial charge in [-0.1, -0.05) is 6.07 Å². The first-order chi connectivity index (χ1) is 5.86. The number of rotatable bonds is 1. The summed E-state index contributed by atoms with van der Waals surface area (Å²) in [4.78, 5) is 4.27. The highest BCUT2D eigenvalue weighted by molar-refractivity contribution is 7.99. The van der Waals surface area contributed by atoms with Crippen molar-refractivity contribution in [2.75, 3.05) is 12.3 Å². The van der Waals surface area contributed by atoms with Crippen LogP contribution in [-0.4, -0.2) is 17.3 Å². The summed E-state index contributed by atoms with van der Waals surface area (Å²) in [5.41, 5.74) is 2.38. The monoisotopic (exact) mass is 180 g/mol. The number of aromatic nitrogens is 1. The van der Waals surface area contributed by atoms with Crippen molar-refractivity contribution in [3.8, 4) is 0 Å². The molecule has 1 atom stereocenters. The largest absolute Gasteiger partial charge is 0.301 e. The zero-order valence-corrected chi connectivity index (χ0v) is 7.90. The molecule has 1 saturated heterocycles. The van der Waals surface area contributed by atoms with Crippen molar-refractivity contribution in [3.05, 3.63) is 29.6 Å². The van der Waals surface area contributed by atoms with Crippen LogP contribution in [0.2, 0.25) is 0 Å². The normalized spacial score (nSPS) is 22.9. The second kappa shape index (κ2) is 3.46. The zero-order valence-electron chi connectivity index (χ0n) is 7.08. The standard InChI is InChI=1S/C9H12N2S/c1-7-2-3-8(6-11-7)9-10-4-5-12-9/h2-3,6,9-10H,4-5H2,1H3. The molecule has 0 aromatic carbocycles. The van der Waals surface area contributed by atoms with Gasteiger partial charge >= 0.3 is 0 Å². The van der Waals surface area contributed by atoms with Crippen LogP contribution >= 0.6 is 11.8 Å². The average Bonchev–Trinajstić information content (AvgIpc) is 2.58. The van der Waals surface area contributed by atoms with Crippen molar-refractivity contribution in [1.82, 2.24) is 10.3 Å². The first-order valence-electron chi connectivity index (χ1n) is 4.14. The Labute approximate surface area is 76.8 Å². The Balaban J connectivity index is 2.17. The summed E-state index contributed by atoms with van der Waals surface area (Å²) in [7, 11) is 0. The van der Waals surface area contributed by atoms with Crippen LogP contribution in [0.3, 0.4) is 0 Å². The molecule has 2 rings (SSSR count). The lowest BCUT2D eigenvalue weighted by atomic mass is 10.2. The summed E-state index contributed by atoms with van der Waals surface area (Å²) >= 11 is 1.95. The second-order valence-corrected chi connectivity index (χ2v) is 4.15. The van der Waals surface area contributed by atoms with E-state index < -0.39 is 0 Å². The fourth-order valence-electron chi connectivity index (χ4n) is 1.27. The molecule has 64 valence electrons. The third kappa shape index (κ3) is 1.62. The summed E-state index contributed by atoms with van der Waals surface area (Å²) in [5, 5.41) is 3.89. The van der Waals surface area contributed by atoms with E-state index in [1.54, 1.807) is 0 Å². The van der Waals surface area contributed by atoms with Gasteiger partial charge in [0.25, 0.3) is 0 Å². The van der Waals surface area contributed by atoms with Crippen LogP contribution in [0.15, 0.2) is 18.3 Å². The van der Waals surface area contributed by atoms with E-state index >= 15 is 0 Å². The van der Waals surface area contributed by atoms with Crippen LogP contribution in [0, 0.1) is 6.92 Å². The van der Waals surface area contributed by atoms with Crippen molar-refractivity contribution < 1.29 is 0 Å². The molecule has 12 heavy (non-hydrogen) atoms. The lowest BCUT2D eigenvalue weighted by Crippen LogP contribution is -2.12. The minimum Gasteiger partial charge on any atom is -0.301 e. The maximum Gasteiger partial charge on any atom is 0.0805 e. The van der Waals surface area contributed by atoms with E-state index in [0.29, 0.717) is 5.37 Å². The van der Waals surface area contributed by atoms with E-state index in [1.807, 2.05) is 24.9 Å².